The maximum Gasteiger partial charge on any atom is 0.435 e. The van der Waals surface area contributed by atoms with Crippen molar-refractivity contribution in [3.63, 3.8) is 0 Å². The zero-order valence-corrected chi connectivity index (χ0v) is 13.1. The van der Waals surface area contributed by atoms with Gasteiger partial charge in [-0.05, 0) is 27.7 Å². The third-order valence-corrected chi connectivity index (χ3v) is 3.31. The summed E-state index contributed by atoms with van der Waals surface area (Å²) in [4.78, 5) is 26.1. The Morgan fingerprint density at radius 2 is 1.86 bits per heavy atom. The molecule has 0 aromatic carbocycles. The topological polar surface area (TPSA) is 79.7 Å². The molecule has 22 heavy (non-hydrogen) atoms. The van der Waals surface area contributed by atoms with Gasteiger partial charge in [0.25, 0.3) is 0 Å². The van der Waals surface area contributed by atoms with E-state index in [0.717, 1.165) is 4.90 Å². The number of halogens is 3. The SMILES string of the molecule is CCN(C(=O)OC(C)(C)C)c1nc(C(F)(F)F)c(C(=O)O)s1. The molecule has 10 heteroatoms. The van der Waals surface area contributed by atoms with Gasteiger partial charge in [0.05, 0.1) is 0 Å². The van der Waals surface area contributed by atoms with Gasteiger partial charge in [0, 0.05) is 6.54 Å². The van der Waals surface area contributed by atoms with Crippen LogP contribution in [-0.4, -0.2) is 34.3 Å². The number of aromatic carboxylic acids is 1. The Balaban J connectivity index is 3.24. The summed E-state index contributed by atoms with van der Waals surface area (Å²) in [5.41, 5.74) is -2.37. The van der Waals surface area contributed by atoms with Crippen LogP contribution in [0.2, 0.25) is 0 Å². The number of carboxylic acid groups (broad SMARTS) is 1. The lowest BCUT2D eigenvalue weighted by atomic mass is 10.2. The van der Waals surface area contributed by atoms with Gasteiger partial charge >= 0.3 is 18.2 Å². The summed E-state index contributed by atoms with van der Waals surface area (Å²) in [5.74, 6) is -1.75. The van der Waals surface area contributed by atoms with E-state index >= 15 is 0 Å². The average molecular weight is 340 g/mol. The van der Waals surface area contributed by atoms with Crippen molar-refractivity contribution in [2.75, 3.05) is 11.4 Å². The fraction of sp³-hybridized carbons (Fsp3) is 0.583. The van der Waals surface area contributed by atoms with Gasteiger partial charge in [0.15, 0.2) is 10.8 Å². The van der Waals surface area contributed by atoms with Crippen LogP contribution in [0, 0.1) is 0 Å². The van der Waals surface area contributed by atoms with Crippen molar-refractivity contribution in [3.05, 3.63) is 10.6 Å². The number of carboxylic acids is 1. The zero-order valence-electron chi connectivity index (χ0n) is 12.3. The van der Waals surface area contributed by atoms with Crippen molar-refractivity contribution >= 4 is 28.5 Å². The van der Waals surface area contributed by atoms with Crippen molar-refractivity contribution in [3.8, 4) is 0 Å². The summed E-state index contributed by atoms with van der Waals surface area (Å²) < 4.78 is 43.5. The second kappa shape index (κ2) is 6.11. The molecule has 0 aliphatic rings. The fourth-order valence-electron chi connectivity index (χ4n) is 1.42. The fourth-order valence-corrected chi connectivity index (χ4v) is 2.40. The number of ether oxygens (including phenoxy) is 1. The van der Waals surface area contributed by atoms with Crippen LogP contribution < -0.4 is 4.90 Å². The maximum absolute atomic E-state index is 12.8. The standard InChI is InChI=1S/C12H15F3N2O4S/c1-5-17(10(20)21-11(2,3)4)9-16-7(12(13,14)15)6(22-9)8(18)19/h5H2,1-4H3,(H,18,19). The van der Waals surface area contributed by atoms with Crippen molar-refractivity contribution in [2.24, 2.45) is 0 Å². The molecule has 1 heterocycles. The van der Waals surface area contributed by atoms with E-state index in [2.05, 4.69) is 4.98 Å². The van der Waals surface area contributed by atoms with Crippen molar-refractivity contribution in [1.29, 1.82) is 0 Å². The van der Waals surface area contributed by atoms with Gasteiger partial charge in [-0.3, -0.25) is 4.90 Å². The molecular formula is C12H15F3N2O4S. The molecule has 0 unspecified atom stereocenters. The molecule has 0 aliphatic carbocycles. The van der Waals surface area contributed by atoms with E-state index < -0.39 is 34.4 Å². The number of carbonyl (C=O) groups is 2. The first-order chi connectivity index (χ1) is 9.86. The minimum Gasteiger partial charge on any atom is -0.477 e. The quantitative estimate of drug-likeness (QED) is 0.909. The number of rotatable bonds is 3. The van der Waals surface area contributed by atoms with Gasteiger partial charge in [-0.1, -0.05) is 11.3 Å². The second-order valence-electron chi connectivity index (χ2n) is 5.20. The third kappa shape index (κ3) is 4.33. The molecule has 1 rings (SSSR count). The predicted octanol–water partition coefficient (Wildman–Crippen LogP) is 3.62. The van der Waals surface area contributed by atoms with E-state index in [-0.39, 0.29) is 23.0 Å². The van der Waals surface area contributed by atoms with Crippen LogP contribution in [0.4, 0.5) is 23.1 Å². The molecule has 0 atom stereocenters. The van der Waals surface area contributed by atoms with Crippen LogP contribution in [0.3, 0.4) is 0 Å². The summed E-state index contributed by atoms with van der Waals surface area (Å²) in [5, 5.41) is 8.48. The molecule has 1 amide bonds. The van der Waals surface area contributed by atoms with Crippen LogP contribution in [0.1, 0.15) is 43.1 Å². The Kier molecular flexibility index (Phi) is 5.06. The van der Waals surface area contributed by atoms with Gasteiger partial charge in [-0.15, -0.1) is 0 Å². The lowest BCUT2D eigenvalue weighted by Crippen LogP contribution is -2.36. The Bertz CT molecular complexity index is 578. The minimum absolute atomic E-state index is 0.0151. The number of thiazole rings is 1. The molecule has 0 saturated heterocycles. The first-order valence-electron chi connectivity index (χ1n) is 6.18. The summed E-state index contributed by atoms with van der Waals surface area (Å²) >= 11 is 0.276. The molecule has 0 radical (unpaired) electrons. The molecule has 124 valence electrons. The number of aromatic nitrogens is 1. The third-order valence-electron chi connectivity index (χ3n) is 2.24. The van der Waals surface area contributed by atoms with E-state index in [1.54, 1.807) is 20.8 Å². The van der Waals surface area contributed by atoms with Crippen molar-refractivity contribution in [2.45, 2.75) is 39.5 Å². The maximum atomic E-state index is 12.8. The number of carbonyl (C=O) groups excluding carboxylic acids is 1. The molecule has 0 spiro atoms. The van der Waals surface area contributed by atoms with Crippen LogP contribution in [0.25, 0.3) is 0 Å². The van der Waals surface area contributed by atoms with E-state index in [0.29, 0.717) is 0 Å². The van der Waals surface area contributed by atoms with Gasteiger partial charge < -0.3 is 9.84 Å². The van der Waals surface area contributed by atoms with Crippen LogP contribution in [-0.2, 0) is 10.9 Å². The summed E-state index contributed by atoms with van der Waals surface area (Å²) in [6, 6.07) is 0. The van der Waals surface area contributed by atoms with Crippen molar-refractivity contribution in [1.82, 2.24) is 4.98 Å². The Labute approximate surface area is 128 Å². The first-order valence-corrected chi connectivity index (χ1v) is 7.00. The monoisotopic (exact) mass is 340 g/mol. The van der Waals surface area contributed by atoms with E-state index in [1.807, 2.05) is 0 Å². The van der Waals surface area contributed by atoms with Crippen LogP contribution in [0.15, 0.2) is 0 Å². The number of hydrogen-bond donors (Lipinski definition) is 1. The zero-order chi connectivity index (χ0) is 17.3. The summed E-state index contributed by atoms with van der Waals surface area (Å²) in [6.07, 6.45) is -5.81. The van der Waals surface area contributed by atoms with Gasteiger partial charge in [0.2, 0.25) is 0 Å². The Hall–Kier alpha value is -1.84. The molecule has 1 aromatic rings. The van der Waals surface area contributed by atoms with E-state index in [9.17, 15) is 22.8 Å². The molecule has 0 aliphatic heterocycles. The lowest BCUT2D eigenvalue weighted by Gasteiger charge is -2.24. The van der Waals surface area contributed by atoms with Gasteiger partial charge in [0.1, 0.15) is 10.5 Å². The summed E-state index contributed by atoms with van der Waals surface area (Å²) in [7, 11) is 0. The lowest BCUT2D eigenvalue weighted by molar-refractivity contribution is -0.141. The molecule has 0 bridgehead atoms. The minimum atomic E-state index is -4.92. The molecule has 1 aromatic heterocycles. The largest absolute Gasteiger partial charge is 0.477 e. The molecule has 0 fully saturated rings. The normalized spacial score (nSPS) is 12.1. The average Bonchev–Trinajstić information content (AvgIpc) is 2.72. The number of anilines is 1. The smallest absolute Gasteiger partial charge is 0.435 e. The number of nitrogens with zero attached hydrogens (tertiary/aromatic N) is 2. The highest BCUT2D eigenvalue weighted by Gasteiger charge is 2.41. The first kappa shape index (κ1) is 18.2. The Morgan fingerprint density at radius 1 is 1.32 bits per heavy atom. The second-order valence-corrected chi connectivity index (χ2v) is 6.18. The highest BCUT2D eigenvalue weighted by molar-refractivity contribution is 7.17. The van der Waals surface area contributed by atoms with Gasteiger partial charge in [-0.2, -0.15) is 13.2 Å². The molecule has 6 nitrogen and oxygen atoms in total. The number of alkyl halides is 3. The molecular weight excluding hydrogens is 325 g/mol. The predicted molar refractivity (Wildman–Crippen MR) is 73.3 cm³/mol. The van der Waals surface area contributed by atoms with E-state index in [1.165, 1.54) is 6.92 Å². The van der Waals surface area contributed by atoms with Crippen molar-refractivity contribution < 1.29 is 32.6 Å². The van der Waals surface area contributed by atoms with Crippen LogP contribution >= 0.6 is 11.3 Å². The molecule has 1 N–H and O–H groups in total. The summed E-state index contributed by atoms with van der Waals surface area (Å²) in [6.45, 7) is 6.30. The van der Waals surface area contributed by atoms with Gasteiger partial charge in [-0.25, -0.2) is 14.6 Å². The Morgan fingerprint density at radius 3 is 2.18 bits per heavy atom. The molecule has 0 saturated carbocycles. The highest BCUT2D eigenvalue weighted by Crippen LogP contribution is 2.37. The number of amides is 1. The number of hydrogen-bond acceptors (Lipinski definition) is 5. The van der Waals surface area contributed by atoms with E-state index in [4.69, 9.17) is 9.84 Å². The highest BCUT2D eigenvalue weighted by atomic mass is 32.1. The van der Waals surface area contributed by atoms with Crippen LogP contribution in [0.5, 0.6) is 0 Å².